The summed E-state index contributed by atoms with van der Waals surface area (Å²) in [6, 6.07) is -0.977. The van der Waals surface area contributed by atoms with Crippen molar-refractivity contribution in [2.24, 2.45) is 0 Å². The summed E-state index contributed by atoms with van der Waals surface area (Å²) >= 11 is 0. The van der Waals surface area contributed by atoms with Crippen molar-refractivity contribution >= 4 is 5.91 Å². The summed E-state index contributed by atoms with van der Waals surface area (Å²) in [6.07, 6.45) is 37.0. The molecule has 5 N–H and O–H groups in total. The predicted octanol–water partition coefficient (Wildman–Crippen LogP) is 10.5. The summed E-state index contributed by atoms with van der Waals surface area (Å²) in [5, 5.41) is 43.5. The Morgan fingerprint density at radius 2 is 0.723 bits per heavy atom. The van der Waals surface area contributed by atoms with Crippen molar-refractivity contribution in [3.8, 4) is 0 Å². The molecule has 0 aromatic rings. The Kier molecular flexibility index (Phi) is 36.0. The molecule has 0 radical (unpaired) electrons. The van der Waals surface area contributed by atoms with Gasteiger partial charge in [0.1, 0.15) is 12.2 Å². The smallest absolute Gasteiger partial charge is 0.249 e. The van der Waals surface area contributed by atoms with E-state index < -0.39 is 36.9 Å². The van der Waals surface area contributed by atoms with Crippen LogP contribution in [0.3, 0.4) is 0 Å². The van der Waals surface area contributed by atoms with Crippen LogP contribution in [-0.4, -0.2) is 57.3 Å². The second-order valence-corrected chi connectivity index (χ2v) is 14.7. The molecule has 0 spiro atoms. The molecule has 4 unspecified atom stereocenters. The standard InChI is InChI=1S/C41H83NO5/c1-3-5-7-9-11-13-15-16-17-18-19-20-21-22-23-25-26-28-30-32-34-38(44)40(46)37(36-43)42-41(47)39(45)35-33-31-29-27-24-14-12-10-8-6-4-2/h37-40,43-46H,3-36H2,1-2H3,(H,42,47). The first kappa shape index (κ1) is 46.3. The summed E-state index contributed by atoms with van der Waals surface area (Å²) in [6.45, 7) is 4.04. The number of rotatable bonds is 38. The van der Waals surface area contributed by atoms with E-state index >= 15 is 0 Å². The average Bonchev–Trinajstić information content (AvgIpc) is 3.07. The van der Waals surface area contributed by atoms with Crippen LogP contribution in [0.15, 0.2) is 0 Å². The number of carbonyl (C=O) groups excluding carboxylic acids is 1. The van der Waals surface area contributed by atoms with Crippen LogP contribution in [0.5, 0.6) is 0 Å². The minimum atomic E-state index is -1.25. The van der Waals surface area contributed by atoms with Gasteiger partial charge in [-0.25, -0.2) is 0 Å². The fourth-order valence-corrected chi connectivity index (χ4v) is 6.70. The molecule has 47 heavy (non-hydrogen) atoms. The summed E-state index contributed by atoms with van der Waals surface area (Å²) in [5.41, 5.74) is 0. The van der Waals surface area contributed by atoms with Gasteiger partial charge >= 0.3 is 0 Å². The van der Waals surface area contributed by atoms with Crippen molar-refractivity contribution in [1.82, 2.24) is 5.32 Å². The lowest BCUT2D eigenvalue weighted by atomic mass is 9.99. The fraction of sp³-hybridized carbons (Fsp3) is 0.976. The molecule has 6 heteroatoms. The first-order valence-corrected chi connectivity index (χ1v) is 20.9. The highest BCUT2D eigenvalue weighted by atomic mass is 16.3. The zero-order chi connectivity index (χ0) is 34.6. The number of carbonyl (C=O) groups is 1. The van der Waals surface area contributed by atoms with Crippen LogP contribution in [0, 0.1) is 0 Å². The number of nitrogens with one attached hydrogen (secondary N) is 1. The van der Waals surface area contributed by atoms with Gasteiger partial charge in [0, 0.05) is 0 Å². The highest BCUT2D eigenvalue weighted by Gasteiger charge is 2.28. The Balaban J connectivity index is 3.69. The number of unbranched alkanes of at least 4 members (excludes halogenated alkanes) is 29. The van der Waals surface area contributed by atoms with E-state index in [9.17, 15) is 25.2 Å². The van der Waals surface area contributed by atoms with Gasteiger partial charge in [0.05, 0.1) is 18.8 Å². The van der Waals surface area contributed by atoms with Crippen LogP contribution >= 0.6 is 0 Å². The summed E-state index contributed by atoms with van der Waals surface area (Å²) in [5.74, 6) is -0.582. The van der Waals surface area contributed by atoms with Crippen LogP contribution in [-0.2, 0) is 4.79 Å². The van der Waals surface area contributed by atoms with E-state index in [1.54, 1.807) is 0 Å². The number of amides is 1. The highest BCUT2D eigenvalue weighted by molar-refractivity contribution is 5.80. The van der Waals surface area contributed by atoms with E-state index in [2.05, 4.69) is 19.2 Å². The van der Waals surface area contributed by atoms with Gasteiger partial charge in [-0.05, 0) is 12.8 Å². The van der Waals surface area contributed by atoms with Crippen molar-refractivity contribution in [3.05, 3.63) is 0 Å². The number of hydrogen-bond donors (Lipinski definition) is 5. The monoisotopic (exact) mass is 670 g/mol. The molecule has 0 aliphatic heterocycles. The van der Waals surface area contributed by atoms with Gasteiger partial charge in [-0.3, -0.25) is 4.79 Å². The Morgan fingerprint density at radius 1 is 0.447 bits per heavy atom. The molecule has 4 atom stereocenters. The first-order chi connectivity index (χ1) is 23.0. The summed E-state index contributed by atoms with van der Waals surface area (Å²) < 4.78 is 0. The maximum atomic E-state index is 12.4. The Hall–Kier alpha value is -0.690. The van der Waals surface area contributed by atoms with Gasteiger partial charge in [-0.1, -0.05) is 213 Å². The zero-order valence-corrected chi connectivity index (χ0v) is 31.5. The number of aliphatic hydroxyl groups excluding tert-OH is 4. The zero-order valence-electron chi connectivity index (χ0n) is 31.5. The van der Waals surface area contributed by atoms with Crippen LogP contribution in [0.4, 0.5) is 0 Å². The Bertz CT molecular complexity index is 633. The van der Waals surface area contributed by atoms with Crippen LogP contribution < -0.4 is 5.32 Å². The molecular weight excluding hydrogens is 586 g/mol. The second kappa shape index (κ2) is 36.6. The van der Waals surface area contributed by atoms with Gasteiger partial charge in [-0.2, -0.15) is 0 Å². The van der Waals surface area contributed by atoms with Crippen molar-refractivity contribution in [3.63, 3.8) is 0 Å². The largest absolute Gasteiger partial charge is 0.394 e. The molecule has 0 fully saturated rings. The van der Waals surface area contributed by atoms with Crippen molar-refractivity contribution in [1.29, 1.82) is 0 Å². The van der Waals surface area contributed by atoms with Gasteiger partial charge < -0.3 is 25.7 Å². The van der Waals surface area contributed by atoms with Crippen LogP contribution in [0.25, 0.3) is 0 Å². The molecule has 1 amide bonds. The van der Waals surface area contributed by atoms with Crippen molar-refractivity contribution < 1.29 is 25.2 Å². The third kappa shape index (κ3) is 31.1. The molecular formula is C41H83NO5. The van der Waals surface area contributed by atoms with E-state index in [1.165, 1.54) is 161 Å². The maximum absolute atomic E-state index is 12.4. The lowest BCUT2D eigenvalue weighted by Crippen LogP contribution is -2.53. The lowest BCUT2D eigenvalue weighted by molar-refractivity contribution is -0.132. The molecule has 0 aliphatic carbocycles. The quantitative estimate of drug-likeness (QED) is 0.0420. The molecule has 0 heterocycles. The van der Waals surface area contributed by atoms with Gasteiger partial charge in [0.2, 0.25) is 5.91 Å². The molecule has 0 saturated carbocycles. The normalized spacial score (nSPS) is 14.3. The molecule has 0 saturated heterocycles. The predicted molar refractivity (Wildman–Crippen MR) is 201 cm³/mol. The van der Waals surface area contributed by atoms with E-state index in [0.29, 0.717) is 12.8 Å². The molecule has 0 aromatic carbocycles. The first-order valence-electron chi connectivity index (χ1n) is 20.9. The van der Waals surface area contributed by atoms with Gasteiger partial charge in [0.25, 0.3) is 0 Å². The van der Waals surface area contributed by atoms with E-state index in [0.717, 1.165) is 38.5 Å². The van der Waals surface area contributed by atoms with Crippen LogP contribution in [0.2, 0.25) is 0 Å². The van der Waals surface area contributed by atoms with Crippen molar-refractivity contribution in [2.45, 2.75) is 250 Å². The Morgan fingerprint density at radius 3 is 1.02 bits per heavy atom. The second-order valence-electron chi connectivity index (χ2n) is 14.7. The molecule has 0 rings (SSSR count). The summed E-state index contributed by atoms with van der Waals surface area (Å²) in [7, 11) is 0. The molecule has 0 bridgehead atoms. The maximum Gasteiger partial charge on any atom is 0.249 e. The SMILES string of the molecule is CCCCCCCCCCCCCCCCCCCCCCC(O)C(O)C(CO)NC(=O)C(O)CCCCCCCCCCCCC. The molecule has 282 valence electrons. The van der Waals surface area contributed by atoms with E-state index in [1.807, 2.05) is 0 Å². The fourth-order valence-electron chi connectivity index (χ4n) is 6.70. The molecule has 0 aliphatic rings. The summed E-state index contributed by atoms with van der Waals surface area (Å²) in [4.78, 5) is 12.4. The third-order valence-electron chi connectivity index (χ3n) is 10.1. The van der Waals surface area contributed by atoms with Crippen molar-refractivity contribution in [2.75, 3.05) is 6.61 Å². The van der Waals surface area contributed by atoms with Crippen LogP contribution in [0.1, 0.15) is 226 Å². The average molecular weight is 670 g/mol. The number of hydrogen-bond acceptors (Lipinski definition) is 5. The van der Waals surface area contributed by atoms with E-state index in [-0.39, 0.29) is 0 Å². The Labute approximate surface area is 292 Å². The van der Waals surface area contributed by atoms with E-state index in [4.69, 9.17) is 0 Å². The minimum Gasteiger partial charge on any atom is -0.394 e. The highest BCUT2D eigenvalue weighted by Crippen LogP contribution is 2.17. The minimum absolute atomic E-state index is 0.374. The lowest BCUT2D eigenvalue weighted by Gasteiger charge is -2.27. The van der Waals surface area contributed by atoms with Gasteiger partial charge in [-0.15, -0.1) is 0 Å². The van der Waals surface area contributed by atoms with Gasteiger partial charge in [0.15, 0.2) is 0 Å². The molecule has 0 aromatic heterocycles. The third-order valence-corrected chi connectivity index (χ3v) is 10.1. The topological polar surface area (TPSA) is 110 Å². The number of aliphatic hydroxyl groups is 4. The molecule has 6 nitrogen and oxygen atoms in total.